The van der Waals surface area contributed by atoms with Crippen LogP contribution in [-0.4, -0.2) is 80.3 Å². The van der Waals surface area contributed by atoms with Gasteiger partial charge in [-0.2, -0.15) is 5.10 Å². The molecule has 0 amide bonds. The lowest BCUT2D eigenvalue weighted by Gasteiger charge is -2.32. The van der Waals surface area contributed by atoms with Crippen molar-refractivity contribution >= 4 is 0 Å². The number of imidazole rings is 1. The lowest BCUT2D eigenvalue weighted by molar-refractivity contribution is 0.145. The number of hydrogen-bond acceptors (Lipinski definition) is 5. The van der Waals surface area contributed by atoms with E-state index >= 15 is 0 Å². The minimum Gasteiger partial charge on any atom is -0.329 e. The Morgan fingerprint density at radius 1 is 0.880 bits per heavy atom. The van der Waals surface area contributed by atoms with Gasteiger partial charge in [0, 0.05) is 90.3 Å². The Labute approximate surface area is 149 Å². The van der Waals surface area contributed by atoms with E-state index in [1.807, 2.05) is 17.9 Å². The maximum Gasteiger partial charge on any atom is 0.110 e. The van der Waals surface area contributed by atoms with Gasteiger partial charge in [-0.15, -0.1) is 0 Å². The lowest BCUT2D eigenvalue weighted by atomic mass is 10.3. The minimum atomic E-state index is 0.979. The summed E-state index contributed by atoms with van der Waals surface area (Å²) in [6, 6.07) is 0. The first-order valence-corrected chi connectivity index (χ1v) is 9.31. The molecule has 0 N–H and O–H groups in total. The average Bonchev–Trinajstić information content (AvgIpc) is 3.12. The fourth-order valence-electron chi connectivity index (χ4n) is 3.87. The molecule has 1 saturated heterocycles. The van der Waals surface area contributed by atoms with Crippen LogP contribution in [0.25, 0.3) is 0 Å². The van der Waals surface area contributed by atoms with Crippen LogP contribution < -0.4 is 0 Å². The average molecular weight is 343 g/mol. The van der Waals surface area contributed by atoms with Crippen LogP contribution in [0, 0.1) is 0 Å². The van der Waals surface area contributed by atoms with Crippen molar-refractivity contribution in [2.75, 3.05) is 46.3 Å². The van der Waals surface area contributed by atoms with E-state index in [4.69, 9.17) is 4.98 Å². The molecule has 2 aliphatic heterocycles. The summed E-state index contributed by atoms with van der Waals surface area (Å²) in [6.07, 6.45) is 7.22. The number of rotatable bonds is 4. The largest absolute Gasteiger partial charge is 0.329 e. The highest BCUT2D eigenvalue weighted by Gasteiger charge is 2.20. The van der Waals surface area contributed by atoms with Gasteiger partial charge in [0.2, 0.25) is 0 Å². The van der Waals surface area contributed by atoms with Gasteiger partial charge in [-0.25, -0.2) is 4.98 Å². The third-order valence-electron chi connectivity index (χ3n) is 5.46. The van der Waals surface area contributed by atoms with Crippen molar-refractivity contribution in [1.29, 1.82) is 0 Å². The molecule has 7 nitrogen and oxygen atoms in total. The molecule has 0 aromatic carbocycles. The molecule has 4 heterocycles. The number of nitrogens with zero attached hydrogens (tertiary/aromatic N) is 7. The summed E-state index contributed by atoms with van der Waals surface area (Å²) < 4.78 is 4.34. The molecule has 136 valence electrons. The van der Waals surface area contributed by atoms with Crippen molar-refractivity contribution in [3.05, 3.63) is 35.7 Å². The number of hydrogen-bond donors (Lipinski definition) is 0. The SMILES string of the molecule is CN1CCN(Cc2cnc3n2CCN(Cc2cnn(C)c2)CC3)CC1. The summed E-state index contributed by atoms with van der Waals surface area (Å²) in [5.41, 5.74) is 2.67. The van der Waals surface area contributed by atoms with Crippen LogP contribution in [-0.2, 0) is 33.1 Å². The third-order valence-corrected chi connectivity index (χ3v) is 5.46. The zero-order valence-corrected chi connectivity index (χ0v) is 15.4. The summed E-state index contributed by atoms with van der Waals surface area (Å²) >= 11 is 0. The van der Waals surface area contributed by atoms with Crippen molar-refractivity contribution in [3.63, 3.8) is 0 Å². The third kappa shape index (κ3) is 3.94. The molecule has 25 heavy (non-hydrogen) atoms. The first kappa shape index (κ1) is 16.8. The van der Waals surface area contributed by atoms with E-state index < -0.39 is 0 Å². The van der Waals surface area contributed by atoms with Crippen LogP contribution in [0.3, 0.4) is 0 Å². The Bertz CT molecular complexity index is 696. The Morgan fingerprint density at radius 3 is 2.40 bits per heavy atom. The number of likely N-dealkylation sites (N-methyl/N-ethyl adjacent to an activating group) is 1. The summed E-state index contributed by atoms with van der Waals surface area (Å²) in [7, 11) is 4.19. The molecule has 2 aromatic rings. The molecule has 0 spiro atoms. The monoisotopic (exact) mass is 343 g/mol. The van der Waals surface area contributed by atoms with Gasteiger partial charge in [-0.05, 0) is 7.05 Å². The van der Waals surface area contributed by atoms with Gasteiger partial charge < -0.3 is 9.47 Å². The van der Waals surface area contributed by atoms with E-state index in [-0.39, 0.29) is 0 Å². The molecule has 0 unspecified atom stereocenters. The second kappa shape index (κ2) is 7.27. The summed E-state index contributed by atoms with van der Waals surface area (Å²) in [6.45, 7) is 9.84. The van der Waals surface area contributed by atoms with Gasteiger partial charge in [-0.1, -0.05) is 0 Å². The molecule has 0 radical (unpaired) electrons. The van der Waals surface area contributed by atoms with Crippen molar-refractivity contribution in [3.8, 4) is 0 Å². The number of aryl methyl sites for hydroxylation is 1. The molecular formula is C18H29N7. The van der Waals surface area contributed by atoms with Crippen LogP contribution >= 0.6 is 0 Å². The highest BCUT2D eigenvalue weighted by molar-refractivity contribution is 5.09. The topological polar surface area (TPSA) is 45.4 Å². The van der Waals surface area contributed by atoms with E-state index in [0.29, 0.717) is 0 Å². The van der Waals surface area contributed by atoms with Crippen LogP contribution in [0.15, 0.2) is 18.6 Å². The second-order valence-electron chi connectivity index (χ2n) is 7.45. The van der Waals surface area contributed by atoms with Gasteiger partial charge in [0.15, 0.2) is 0 Å². The van der Waals surface area contributed by atoms with E-state index in [2.05, 4.69) is 43.8 Å². The van der Waals surface area contributed by atoms with Gasteiger partial charge in [0.05, 0.1) is 11.9 Å². The zero-order valence-electron chi connectivity index (χ0n) is 15.4. The Morgan fingerprint density at radius 2 is 1.64 bits per heavy atom. The Kier molecular flexibility index (Phi) is 4.87. The highest BCUT2D eigenvalue weighted by atomic mass is 15.3. The van der Waals surface area contributed by atoms with Crippen LogP contribution in [0.5, 0.6) is 0 Å². The van der Waals surface area contributed by atoms with Gasteiger partial charge in [0.1, 0.15) is 5.82 Å². The number of piperazine rings is 1. The van der Waals surface area contributed by atoms with Crippen molar-refractivity contribution < 1.29 is 0 Å². The molecule has 0 bridgehead atoms. The number of fused-ring (bicyclic) bond motifs is 1. The molecule has 0 saturated carbocycles. The molecular weight excluding hydrogens is 314 g/mol. The van der Waals surface area contributed by atoms with Crippen molar-refractivity contribution in [2.24, 2.45) is 7.05 Å². The standard InChI is InChI=1S/C18H29N7/c1-21-5-7-24(8-6-21)15-17-12-19-18-3-4-23(9-10-25(17)18)14-16-11-20-22(2)13-16/h11-13H,3-10,14-15H2,1-2H3. The fourth-order valence-corrected chi connectivity index (χ4v) is 3.87. The molecule has 1 fully saturated rings. The summed E-state index contributed by atoms with van der Waals surface area (Å²) in [5.74, 6) is 1.25. The van der Waals surface area contributed by atoms with Gasteiger partial charge >= 0.3 is 0 Å². The summed E-state index contributed by atoms with van der Waals surface area (Å²) in [5, 5.41) is 4.28. The van der Waals surface area contributed by atoms with E-state index in [1.165, 1.54) is 30.2 Å². The smallest absolute Gasteiger partial charge is 0.110 e. The molecule has 4 rings (SSSR count). The first-order chi connectivity index (χ1) is 12.2. The molecule has 7 heteroatoms. The predicted molar refractivity (Wildman–Crippen MR) is 97.2 cm³/mol. The molecule has 0 aliphatic carbocycles. The number of aromatic nitrogens is 4. The van der Waals surface area contributed by atoms with Crippen molar-refractivity contribution in [2.45, 2.75) is 26.1 Å². The Balaban J connectivity index is 1.38. The lowest BCUT2D eigenvalue weighted by Crippen LogP contribution is -2.44. The zero-order chi connectivity index (χ0) is 17.2. The first-order valence-electron chi connectivity index (χ1n) is 9.31. The normalized spacial score (nSPS) is 20.6. The fraction of sp³-hybridized carbons (Fsp3) is 0.667. The Hall–Kier alpha value is -1.70. The molecule has 0 atom stereocenters. The van der Waals surface area contributed by atoms with E-state index in [1.54, 1.807) is 0 Å². The summed E-state index contributed by atoms with van der Waals surface area (Å²) in [4.78, 5) is 12.2. The van der Waals surface area contributed by atoms with Crippen LogP contribution in [0.4, 0.5) is 0 Å². The van der Waals surface area contributed by atoms with Gasteiger partial charge in [-0.3, -0.25) is 14.5 Å². The van der Waals surface area contributed by atoms with Crippen LogP contribution in [0.2, 0.25) is 0 Å². The predicted octanol–water partition coefficient (Wildman–Crippen LogP) is 0.422. The van der Waals surface area contributed by atoms with Gasteiger partial charge in [0.25, 0.3) is 0 Å². The highest BCUT2D eigenvalue weighted by Crippen LogP contribution is 2.16. The molecule has 2 aromatic heterocycles. The quantitative estimate of drug-likeness (QED) is 0.805. The maximum atomic E-state index is 4.73. The molecule has 2 aliphatic rings. The van der Waals surface area contributed by atoms with Crippen molar-refractivity contribution in [1.82, 2.24) is 34.0 Å². The van der Waals surface area contributed by atoms with E-state index in [9.17, 15) is 0 Å². The van der Waals surface area contributed by atoms with Crippen LogP contribution in [0.1, 0.15) is 17.1 Å². The minimum absolute atomic E-state index is 0.979. The van der Waals surface area contributed by atoms with E-state index in [0.717, 1.165) is 52.2 Å². The second-order valence-corrected chi connectivity index (χ2v) is 7.45. The maximum absolute atomic E-state index is 4.73.